The number of nitrogens with two attached hydrogens (primary N) is 2. The number of hydrogen-bond acceptors (Lipinski definition) is 5. The van der Waals surface area contributed by atoms with Crippen LogP contribution >= 0.6 is 11.8 Å². The molecule has 0 bridgehead atoms. The number of aliphatic imine (C=N–C) groups is 1. The number of fused-ring (bicyclic) bond motifs is 1. The summed E-state index contributed by atoms with van der Waals surface area (Å²) >= 11 is 1.91. The fourth-order valence-electron chi connectivity index (χ4n) is 4.44. The van der Waals surface area contributed by atoms with Gasteiger partial charge < -0.3 is 26.1 Å². The summed E-state index contributed by atoms with van der Waals surface area (Å²) in [4.78, 5) is 16.1. The van der Waals surface area contributed by atoms with E-state index in [1.807, 2.05) is 30.0 Å². The summed E-state index contributed by atoms with van der Waals surface area (Å²) in [5, 5.41) is 0. The summed E-state index contributed by atoms with van der Waals surface area (Å²) in [5.41, 5.74) is 13.9. The van der Waals surface area contributed by atoms with Crippen molar-refractivity contribution in [1.82, 2.24) is 14.9 Å². The number of rotatable bonds is 12. The summed E-state index contributed by atoms with van der Waals surface area (Å²) in [6.45, 7) is 2.86. The van der Waals surface area contributed by atoms with Gasteiger partial charge in [-0.2, -0.15) is 0 Å². The average Bonchev–Trinajstić information content (AvgIpc) is 3.29. The zero-order chi connectivity index (χ0) is 24.5. The maximum absolute atomic E-state index is 6.74. The number of imidazole rings is 1. The number of guanidine groups is 1. The van der Waals surface area contributed by atoms with Gasteiger partial charge in [-0.05, 0) is 68.3 Å². The molecule has 0 amide bonds. The lowest BCUT2D eigenvalue weighted by Gasteiger charge is -2.31. The number of unbranched alkanes of at least 4 members (excludes halogenated alkanes) is 3. The van der Waals surface area contributed by atoms with Gasteiger partial charge in [-0.15, -0.1) is 11.8 Å². The number of likely N-dealkylation sites (tertiary alicyclic amines) is 1. The summed E-state index contributed by atoms with van der Waals surface area (Å²) in [5.74, 6) is 2.16. The van der Waals surface area contributed by atoms with Crippen LogP contribution in [0.5, 0.6) is 0 Å². The van der Waals surface area contributed by atoms with E-state index in [1.54, 1.807) is 0 Å². The SMILES string of the molecule is CN1CCC(OC(c2cccc(SCCCCCCN=C(N)N)c2)c2nc3ccccc3[nH]2)CC1. The number of ether oxygens (including phenoxy) is 1. The first-order valence-corrected chi connectivity index (χ1v) is 13.6. The number of benzene rings is 2. The maximum atomic E-state index is 6.74. The van der Waals surface area contributed by atoms with E-state index in [4.69, 9.17) is 21.2 Å². The van der Waals surface area contributed by atoms with Gasteiger partial charge in [0.1, 0.15) is 11.9 Å². The molecule has 7 nitrogen and oxygen atoms in total. The molecule has 1 saturated heterocycles. The number of aromatic amines is 1. The Hall–Kier alpha value is -2.55. The summed E-state index contributed by atoms with van der Waals surface area (Å²) in [6.07, 6.45) is 6.67. The van der Waals surface area contributed by atoms with Gasteiger partial charge in [0.05, 0.1) is 17.1 Å². The number of nitrogens with one attached hydrogen (secondary N) is 1. The first-order chi connectivity index (χ1) is 17.1. The largest absolute Gasteiger partial charge is 0.370 e. The van der Waals surface area contributed by atoms with Gasteiger partial charge in [0, 0.05) is 24.5 Å². The topological polar surface area (TPSA) is 106 Å². The van der Waals surface area contributed by atoms with E-state index in [1.165, 1.54) is 17.7 Å². The molecule has 0 radical (unpaired) electrons. The molecule has 1 aliphatic rings. The molecule has 1 atom stereocenters. The molecule has 1 fully saturated rings. The van der Waals surface area contributed by atoms with Gasteiger partial charge in [-0.1, -0.05) is 37.1 Å². The Balaban J connectivity index is 1.40. The summed E-state index contributed by atoms with van der Waals surface area (Å²) in [6, 6.07) is 17.0. The van der Waals surface area contributed by atoms with Crippen molar-refractivity contribution in [2.75, 3.05) is 32.4 Å². The Kier molecular flexibility index (Phi) is 9.45. The second kappa shape index (κ2) is 13.0. The highest BCUT2D eigenvalue weighted by Gasteiger charge is 2.26. The third-order valence-corrected chi connectivity index (χ3v) is 7.51. The van der Waals surface area contributed by atoms with Crippen molar-refractivity contribution in [1.29, 1.82) is 0 Å². The van der Waals surface area contributed by atoms with Crippen LogP contribution in [0.25, 0.3) is 11.0 Å². The Morgan fingerprint density at radius 3 is 2.71 bits per heavy atom. The van der Waals surface area contributed by atoms with Gasteiger partial charge in [0.25, 0.3) is 0 Å². The van der Waals surface area contributed by atoms with Crippen molar-refractivity contribution in [2.45, 2.75) is 55.6 Å². The van der Waals surface area contributed by atoms with Crippen LogP contribution in [0.15, 0.2) is 58.4 Å². The van der Waals surface area contributed by atoms with E-state index in [2.05, 4.69) is 52.3 Å². The number of hydrogen-bond donors (Lipinski definition) is 3. The number of thioether (sulfide) groups is 1. The van der Waals surface area contributed by atoms with Crippen molar-refractivity contribution in [3.8, 4) is 0 Å². The Morgan fingerprint density at radius 2 is 1.91 bits per heavy atom. The van der Waals surface area contributed by atoms with Crippen molar-refractivity contribution in [3.63, 3.8) is 0 Å². The standard InChI is InChI=1S/C27H38N6OS/c1-33-16-13-21(14-17-33)34-25(26-31-23-11-4-5-12-24(23)32-26)20-9-8-10-22(19-20)35-18-7-3-2-6-15-30-27(28)29/h4-5,8-12,19,21,25H,2-3,6-7,13-18H2,1H3,(H,31,32)(H4,28,29,30). The van der Waals surface area contributed by atoms with Crippen molar-refractivity contribution in [2.24, 2.45) is 16.5 Å². The van der Waals surface area contributed by atoms with E-state index in [9.17, 15) is 0 Å². The maximum Gasteiger partial charge on any atom is 0.185 e. The first kappa shape index (κ1) is 25.5. The quantitative estimate of drug-likeness (QED) is 0.146. The highest BCUT2D eigenvalue weighted by molar-refractivity contribution is 7.99. The Morgan fingerprint density at radius 1 is 1.11 bits per heavy atom. The molecule has 1 aromatic heterocycles. The molecule has 3 aromatic rings. The van der Waals surface area contributed by atoms with Crippen molar-refractivity contribution in [3.05, 3.63) is 59.9 Å². The van der Waals surface area contributed by atoms with Crippen LogP contribution in [0.3, 0.4) is 0 Å². The van der Waals surface area contributed by atoms with Crippen LogP contribution in [-0.4, -0.2) is 59.4 Å². The van der Waals surface area contributed by atoms with Crippen LogP contribution in [-0.2, 0) is 4.74 Å². The second-order valence-corrected chi connectivity index (χ2v) is 10.5. The van der Waals surface area contributed by atoms with Crippen molar-refractivity contribution < 1.29 is 4.74 Å². The zero-order valence-corrected chi connectivity index (χ0v) is 21.5. The molecule has 35 heavy (non-hydrogen) atoms. The molecule has 1 unspecified atom stereocenters. The number of aromatic nitrogens is 2. The van der Waals surface area contributed by atoms with E-state index in [0.717, 1.165) is 73.5 Å². The minimum absolute atomic E-state index is 0.182. The highest BCUT2D eigenvalue weighted by atomic mass is 32.2. The molecule has 8 heteroatoms. The summed E-state index contributed by atoms with van der Waals surface area (Å²) in [7, 11) is 2.18. The van der Waals surface area contributed by atoms with Gasteiger partial charge >= 0.3 is 0 Å². The molecule has 0 aliphatic carbocycles. The smallest absolute Gasteiger partial charge is 0.185 e. The van der Waals surface area contributed by atoms with Crippen LogP contribution < -0.4 is 11.5 Å². The predicted octanol–water partition coefficient (Wildman–Crippen LogP) is 4.69. The highest BCUT2D eigenvalue weighted by Crippen LogP contribution is 2.32. The second-order valence-electron chi connectivity index (χ2n) is 9.30. The monoisotopic (exact) mass is 494 g/mol. The molecular formula is C27H38N6OS. The predicted molar refractivity (Wildman–Crippen MR) is 146 cm³/mol. The van der Waals surface area contributed by atoms with Gasteiger partial charge in [0.15, 0.2) is 5.96 Å². The minimum atomic E-state index is -0.202. The fraction of sp³-hybridized carbons (Fsp3) is 0.481. The van der Waals surface area contributed by atoms with E-state index in [0.29, 0.717) is 0 Å². The van der Waals surface area contributed by atoms with Crippen LogP contribution in [0, 0.1) is 0 Å². The van der Waals surface area contributed by atoms with E-state index in [-0.39, 0.29) is 18.2 Å². The number of H-pyrrole nitrogens is 1. The molecule has 2 aromatic carbocycles. The van der Waals surface area contributed by atoms with Gasteiger partial charge in [-0.25, -0.2) is 4.98 Å². The lowest BCUT2D eigenvalue weighted by atomic mass is 10.1. The molecule has 5 N–H and O–H groups in total. The van der Waals surface area contributed by atoms with Crippen LogP contribution in [0.4, 0.5) is 0 Å². The molecule has 0 spiro atoms. The third-order valence-electron chi connectivity index (χ3n) is 6.43. The van der Waals surface area contributed by atoms with Crippen LogP contribution in [0.1, 0.15) is 56.0 Å². The van der Waals surface area contributed by atoms with Gasteiger partial charge in [-0.3, -0.25) is 4.99 Å². The lowest BCUT2D eigenvalue weighted by Crippen LogP contribution is -2.35. The van der Waals surface area contributed by atoms with E-state index < -0.39 is 0 Å². The Bertz CT molecular complexity index is 1050. The number of nitrogens with zero attached hydrogens (tertiary/aromatic N) is 3. The van der Waals surface area contributed by atoms with Crippen LogP contribution in [0.2, 0.25) is 0 Å². The average molecular weight is 495 g/mol. The third kappa shape index (κ3) is 7.72. The van der Waals surface area contributed by atoms with Crippen molar-refractivity contribution >= 4 is 28.8 Å². The molecule has 4 rings (SSSR count). The zero-order valence-electron chi connectivity index (χ0n) is 20.7. The first-order valence-electron chi connectivity index (χ1n) is 12.7. The van der Waals surface area contributed by atoms with Gasteiger partial charge in [0.2, 0.25) is 0 Å². The fourth-order valence-corrected chi connectivity index (χ4v) is 5.42. The molecule has 2 heterocycles. The minimum Gasteiger partial charge on any atom is -0.370 e. The summed E-state index contributed by atoms with van der Waals surface area (Å²) < 4.78 is 6.74. The number of para-hydroxylation sites is 2. The normalized spacial score (nSPS) is 15.9. The Labute approximate surface area is 212 Å². The lowest BCUT2D eigenvalue weighted by molar-refractivity contribution is -0.0264. The molecule has 0 saturated carbocycles. The molecular weight excluding hydrogens is 456 g/mol. The number of piperidine rings is 1. The molecule has 1 aliphatic heterocycles. The molecule has 188 valence electrons. The van der Waals surface area contributed by atoms with E-state index >= 15 is 0 Å².